The SMILES string of the molecule is CCNC(C)(CN1CCC(C)(C)CC1)C(=O)O. The highest BCUT2D eigenvalue weighted by atomic mass is 16.4. The lowest BCUT2D eigenvalue weighted by Gasteiger charge is -2.40. The number of hydrogen-bond acceptors (Lipinski definition) is 3. The summed E-state index contributed by atoms with van der Waals surface area (Å²) in [7, 11) is 0. The molecule has 1 heterocycles. The molecule has 1 atom stereocenters. The van der Waals surface area contributed by atoms with Gasteiger partial charge in [0.05, 0.1) is 0 Å². The lowest BCUT2D eigenvalue weighted by atomic mass is 9.82. The van der Waals surface area contributed by atoms with Crippen LogP contribution in [0.5, 0.6) is 0 Å². The molecule has 0 aromatic carbocycles. The number of hydrogen-bond donors (Lipinski definition) is 2. The predicted octanol–water partition coefficient (Wildman–Crippen LogP) is 1.56. The summed E-state index contributed by atoms with van der Waals surface area (Å²) in [5.41, 5.74) is -0.412. The van der Waals surface area contributed by atoms with Crippen molar-refractivity contribution in [2.75, 3.05) is 26.2 Å². The fourth-order valence-electron chi connectivity index (χ4n) is 2.35. The quantitative estimate of drug-likeness (QED) is 0.768. The minimum absolute atomic E-state index is 0.411. The van der Waals surface area contributed by atoms with Gasteiger partial charge >= 0.3 is 5.97 Å². The van der Waals surface area contributed by atoms with Crippen LogP contribution in [-0.2, 0) is 4.79 Å². The smallest absolute Gasteiger partial charge is 0.324 e. The fraction of sp³-hybridized carbons (Fsp3) is 0.923. The summed E-state index contributed by atoms with van der Waals surface area (Å²) in [6.45, 7) is 11.6. The van der Waals surface area contributed by atoms with E-state index in [0.717, 1.165) is 25.9 Å². The highest BCUT2D eigenvalue weighted by Crippen LogP contribution is 2.30. The van der Waals surface area contributed by atoms with Crippen molar-refractivity contribution in [2.24, 2.45) is 5.41 Å². The van der Waals surface area contributed by atoms with Crippen molar-refractivity contribution in [3.05, 3.63) is 0 Å². The van der Waals surface area contributed by atoms with Gasteiger partial charge in [-0.2, -0.15) is 0 Å². The van der Waals surface area contributed by atoms with Crippen molar-refractivity contribution in [3.8, 4) is 0 Å². The zero-order valence-corrected chi connectivity index (χ0v) is 11.5. The molecule has 4 heteroatoms. The molecule has 1 aliphatic rings. The predicted molar refractivity (Wildman–Crippen MR) is 69.2 cm³/mol. The number of likely N-dealkylation sites (tertiary alicyclic amines) is 1. The van der Waals surface area contributed by atoms with Crippen molar-refractivity contribution >= 4 is 5.97 Å². The van der Waals surface area contributed by atoms with Gasteiger partial charge in [-0.1, -0.05) is 20.8 Å². The number of carboxylic acids is 1. The van der Waals surface area contributed by atoms with E-state index in [1.165, 1.54) is 0 Å². The third-order valence-corrected chi connectivity index (χ3v) is 3.79. The van der Waals surface area contributed by atoms with Crippen molar-refractivity contribution in [1.82, 2.24) is 10.2 Å². The molecular weight excluding hydrogens is 216 g/mol. The average molecular weight is 242 g/mol. The second-order valence-electron chi connectivity index (χ2n) is 6.11. The molecule has 1 fully saturated rings. The van der Waals surface area contributed by atoms with E-state index in [-0.39, 0.29) is 0 Å². The Morgan fingerprint density at radius 1 is 1.41 bits per heavy atom. The second-order valence-corrected chi connectivity index (χ2v) is 6.11. The largest absolute Gasteiger partial charge is 0.480 e. The molecule has 4 nitrogen and oxygen atoms in total. The van der Waals surface area contributed by atoms with Crippen LogP contribution in [-0.4, -0.2) is 47.7 Å². The molecule has 0 aromatic rings. The Hall–Kier alpha value is -0.610. The molecule has 0 aromatic heterocycles. The summed E-state index contributed by atoms with van der Waals surface area (Å²) in [4.78, 5) is 13.6. The lowest BCUT2D eigenvalue weighted by Crippen LogP contribution is -2.58. The van der Waals surface area contributed by atoms with Crippen molar-refractivity contribution in [2.45, 2.75) is 46.1 Å². The van der Waals surface area contributed by atoms with Gasteiger partial charge in [-0.05, 0) is 44.8 Å². The van der Waals surface area contributed by atoms with E-state index < -0.39 is 11.5 Å². The third-order valence-electron chi connectivity index (χ3n) is 3.79. The van der Waals surface area contributed by atoms with Crippen molar-refractivity contribution in [1.29, 1.82) is 0 Å². The number of nitrogens with one attached hydrogen (secondary N) is 1. The highest BCUT2D eigenvalue weighted by Gasteiger charge is 2.36. The summed E-state index contributed by atoms with van der Waals surface area (Å²) < 4.78 is 0. The highest BCUT2D eigenvalue weighted by molar-refractivity contribution is 5.78. The third kappa shape index (κ3) is 3.96. The van der Waals surface area contributed by atoms with Gasteiger partial charge in [0.15, 0.2) is 0 Å². The average Bonchev–Trinajstić information content (AvgIpc) is 2.21. The minimum atomic E-state index is -0.823. The van der Waals surface area contributed by atoms with Crippen LogP contribution in [0.4, 0.5) is 0 Å². The number of aliphatic carboxylic acids is 1. The molecule has 100 valence electrons. The van der Waals surface area contributed by atoms with E-state index in [1.54, 1.807) is 6.92 Å². The number of carbonyl (C=O) groups is 1. The lowest BCUT2D eigenvalue weighted by molar-refractivity contribution is -0.145. The maximum Gasteiger partial charge on any atom is 0.324 e. The van der Waals surface area contributed by atoms with Crippen LogP contribution in [0.3, 0.4) is 0 Å². The van der Waals surface area contributed by atoms with Crippen LogP contribution in [0.2, 0.25) is 0 Å². The van der Waals surface area contributed by atoms with Gasteiger partial charge in [-0.25, -0.2) is 0 Å². The first-order valence-corrected chi connectivity index (χ1v) is 6.50. The summed E-state index contributed by atoms with van der Waals surface area (Å²) in [6, 6.07) is 0. The van der Waals surface area contributed by atoms with E-state index >= 15 is 0 Å². The van der Waals surface area contributed by atoms with Crippen molar-refractivity contribution in [3.63, 3.8) is 0 Å². The summed E-state index contributed by atoms with van der Waals surface area (Å²) >= 11 is 0. The topological polar surface area (TPSA) is 52.6 Å². The van der Waals surface area contributed by atoms with Gasteiger partial charge in [0.2, 0.25) is 0 Å². The van der Waals surface area contributed by atoms with Gasteiger partial charge in [0, 0.05) is 6.54 Å². The Morgan fingerprint density at radius 2 is 1.94 bits per heavy atom. The Labute approximate surface area is 104 Å². The second kappa shape index (κ2) is 5.36. The molecule has 1 unspecified atom stereocenters. The Morgan fingerprint density at radius 3 is 2.35 bits per heavy atom. The Kier molecular flexibility index (Phi) is 4.55. The first kappa shape index (κ1) is 14.5. The molecule has 0 bridgehead atoms. The Balaban J connectivity index is 2.55. The molecule has 0 aliphatic carbocycles. The van der Waals surface area contributed by atoms with E-state index in [9.17, 15) is 9.90 Å². The van der Waals surface area contributed by atoms with E-state index in [1.807, 2.05) is 6.92 Å². The molecular formula is C13H26N2O2. The standard InChI is InChI=1S/C13H26N2O2/c1-5-14-13(4,11(16)17)10-15-8-6-12(2,3)7-9-15/h14H,5-10H2,1-4H3,(H,16,17). The number of carboxylic acid groups (broad SMARTS) is 1. The maximum absolute atomic E-state index is 11.3. The van der Waals surface area contributed by atoms with Crippen molar-refractivity contribution < 1.29 is 9.90 Å². The molecule has 0 saturated carbocycles. The van der Waals surface area contributed by atoms with Gasteiger partial charge in [-0.3, -0.25) is 4.79 Å². The zero-order valence-electron chi connectivity index (χ0n) is 11.5. The van der Waals surface area contributed by atoms with Crippen LogP contribution >= 0.6 is 0 Å². The van der Waals surface area contributed by atoms with Gasteiger partial charge in [0.1, 0.15) is 5.54 Å². The molecule has 0 radical (unpaired) electrons. The van der Waals surface area contributed by atoms with Gasteiger partial charge in [-0.15, -0.1) is 0 Å². The van der Waals surface area contributed by atoms with E-state index in [2.05, 4.69) is 24.1 Å². The van der Waals surface area contributed by atoms with Crippen LogP contribution in [0, 0.1) is 5.41 Å². The molecule has 1 saturated heterocycles. The normalized spacial score (nSPS) is 24.2. The Bertz CT molecular complexity index is 269. The van der Waals surface area contributed by atoms with Gasteiger partial charge in [0.25, 0.3) is 0 Å². The van der Waals surface area contributed by atoms with E-state index in [0.29, 0.717) is 18.5 Å². The van der Waals surface area contributed by atoms with Crippen LogP contribution < -0.4 is 5.32 Å². The molecule has 0 amide bonds. The zero-order chi connectivity index (χ0) is 13.1. The minimum Gasteiger partial charge on any atom is -0.480 e. The fourth-order valence-corrected chi connectivity index (χ4v) is 2.35. The molecule has 17 heavy (non-hydrogen) atoms. The summed E-state index contributed by atoms with van der Waals surface area (Å²) in [5, 5.41) is 12.4. The monoisotopic (exact) mass is 242 g/mol. The van der Waals surface area contributed by atoms with Crippen LogP contribution in [0.1, 0.15) is 40.5 Å². The molecule has 1 rings (SSSR count). The molecule has 0 spiro atoms. The molecule has 1 aliphatic heterocycles. The van der Waals surface area contributed by atoms with Gasteiger partial charge < -0.3 is 15.3 Å². The summed E-state index contributed by atoms with van der Waals surface area (Å²) in [6.07, 6.45) is 2.30. The number of likely N-dealkylation sites (N-methyl/N-ethyl adjacent to an activating group) is 1. The maximum atomic E-state index is 11.3. The molecule has 2 N–H and O–H groups in total. The number of piperidine rings is 1. The summed E-state index contributed by atoms with van der Waals surface area (Å²) in [5.74, 6) is -0.760. The first-order valence-electron chi connectivity index (χ1n) is 6.50. The van der Waals surface area contributed by atoms with Crippen LogP contribution in [0.15, 0.2) is 0 Å². The van der Waals surface area contributed by atoms with E-state index in [4.69, 9.17) is 0 Å². The number of rotatable bonds is 5. The first-order chi connectivity index (χ1) is 7.79. The number of nitrogens with zero attached hydrogens (tertiary/aromatic N) is 1. The van der Waals surface area contributed by atoms with Crippen LogP contribution in [0.25, 0.3) is 0 Å².